The van der Waals surface area contributed by atoms with Crippen molar-refractivity contribution in [3.63, 3.8) is 0 Å². The molecule has 2 heterocycles. The number of nitrogens with one attached hydrogen (secondary N) is 2. The lowest BCUT2D eigenvalue weighted by molar-refractivity contribution is -0.385. The number of hydrogen-bond donors (Lipinski definition) is 2. The van der Waals surface area contributed by atoms with E-state index < -0.39 is 28.9 Å². The molecule has 0 aliphatic heterocycles. The summed E-state index contributed by atoms with van der Waals surface area (Å²) in [6.45, 7) is -1.31. The van der Waals surface area contributed by atoms with Crippen LogP contribution in [-0.4, -0.2) is 34.2 Å². The molecule has 1 aromatic carbocycles. The van der Waals surface area contributed by atoms with E-state index in [1.54, 1.807) is 30.3 Å². The Hall–Kier alpha value is -3.63. The number of nitrogens with zero attached hydrogens (tertiary/aromatic N) is 3. The average molecular weight is 393 g/mol. The van der Waals surface area contributed by atoms with Crippen molar-refractivity contribution >= 4 is 28.2 Å². The highest BCUT2D eigenvalue weighted by Gasteiger charge is 2.28. The van der Waals surface area contributed by atoms with Gasteiger partial charge in [-0.15, -0.1) is 0 Å². The van der Waals surface area contributed by atoms with Gasteiger partial charge in [0.2, 0.25) is 0 Å². The number of hydrogen-bond acceptors (Lipinski definition) is 6. The summed E-state index contributed by atoms with van der Waals surface area (Å²) in [7, 11) is 1.41. The predicted molar refractivity (Wildman–Crippen MR) is 98.1 cm³/mol. The van der Waals surface area contributed by atoms with E-state index in [2.05, 4.69) is 15.6 Å². The first kappa shape index (κ1) is 19.1. The standard InChI is InChI=1S/C17H14F3N5O3/c1-21-13-11-7-8-12(22-9-17(18,19)20)23-15(11)24(10-5-3-2-4-6-10)16(26)14(13)25(27)28/h2-8,21H,9H2,1H3,(H,22,23). The highest BCUT2D eigenvalue weighted by molar-refractivity contribution is 5.95. The van der Waals surface area contributed by atoms with Crippen LogP contribution in [0.3, 0.4) is 0 Å². The van der Waals surface area contributed by atoms with Crippen molar-refractivity contribution in [3.05, 3.63) is 62.9 Å². The third-order valence-electron chi connectivity index (χ3n) is 3.92. The fourth-order valence-corrected chi connectivity index (χ4v) is 2.78. The molecular weight excluding hydrogens is 379 g/mol. The lowest BCUT2D eigenvalue weighted by Gasteiger charge is -2.15. The van der Waals surface area contributed by atoms with Gasteiger partial charge in [0, 0.05) is 12.4 Å². The van der Waals surface area contributed by atoms with Crippen molar-refractivity contribution in [2.45, 2.75) is 6.18 Å². The summed E-state index contributed by atoms with van der Waals surface area (Å²) in [5, 5.41) is 16.5. The molecule has 0 spiro atoms. The molecule has 0 saturated heterocycles. The third kappa shape index (κ3) is 3.59. The van der Waals surface area contributed by atoms with Gasteiger partial charge >= 0.3 is 17.4 Å². The Kier molecular flexibility index (Phi) is 4.91. The predicted octanol–water partition coefficient (Wildman–Crippen LogP) is 3.31. The number of para-hydroxylation sites is 1. The van der Waals surface area contributed by atoms with Gasteiger partial charge in [-0.2, -0.15) is 13.2 Å². The molecule has 146 valence electrons. The maximum atomic E-state index is 12.9. The van der Waals surface area contributed by atoms with Crippen molar-refractivity contribution < 1.29 is 18.1 Å². The molecule has 2 aromatic heterocycles. The molecule has 3 aromatic rings. The molecule has 0 saturated carbocycles. The Labute approximate surface area is 155 Å². The number of rotatable bonds is 5. The molecule has 0 fully saturated rings. The molecule has 0 atom stereocenters. The minimum atomic E-state index is -4.46. The highest BCUT2D eigenvalue weighted by Crippen LogP contribution is 2.31. The zero-order chi connectivity index (χ0) is 20.5. The molecule has 0 aliphatic carbocycles. The van der Waals surface area contributed by atoms with Gasteiger partial charge in [-0.25, -0.2) is 4.98 Å². The minimum absolute atomic E-state index is 0.0154. The van der Waals surface area contributed by atoms with Crippen LogP contribution in [0, 0.1) is 10.1 Å². The Morgan fingerprint density at radius 1 is 1.18 bits per heavy atom. The molecule has 0 aliphatic rings. The number of anilines is 2. The van der Waals surface area contributed by atoms with E-state index in [-0.39, 0.29) is 22.5 Å². The maximum absolute atomic E-state index is 12.9. The van der Waals surface area contributed by atoms with Gasteiger partial charge in [0.25, 0.3) is 0 Å². The smallest absolute Gasteiger partial charge is 0.382 e. The van der Waals surface area contributed by atoms with Crippen LogP contribution in [-0.2, 0) is 0 Å². The molecule has 0 amide bonds. The normalized spacial score (nSPS) is 11.4. The molecular formula is C17H14F3N5O3. The van der Waals surface area contributed by atoms with Crippen molar-refractivity contribution in [2.24, 2.45) is 0 Å². The van der Waals surface area contributed by atoms with Gasteiger partial charge in [0.05, 0.1) is 10.6 Å². The van der Waals surface area contributed by atoms with Crippen LogP contribution in [0.4, 0.5) is 30.4 Å². The van der Waals surface area contributed by atoms with Crippen LogP contribution in [0.25, 0.3) is 16.7 Å². The summed E-state index contributed by atoms with van der Waals surface area (Å²) in [4.78, 5) is 27.7. The van der Waals surface area contributed by atoms with Gasteiger partial charge in [-0.3, -0.25) is 19.5 Å². The summed E-state index contributed by atoms with van der Waals surface area (Å²) in [5.41, 5.74) is -1.42. The summed E-state index contributed by atoms with van der Waals surface area (Å²) >= 11 is 0. The second kappa shape index (κ2) is 7.18. The maximum Gasteiger partial charge on any atom is 0.405 e. The van der Waals surface area contributed by atoms with Gasteiger partial charge in [0.15, 0.2) is 5.65 Å². The Morgan fingerprint density at radius 2 is 1.86 bits per heavy atom. The van der Waals surface area contributed by atoms with Gasteiger partial charge in [-0.1, -0.05) is 18.2 Å². The summed E-state index contributed by atoms with van der Waals surface area (Å²) in [5.74, 6) is -0.121. The van der Waals surface area contributed by atoms with Gasteiger partial charge in [-0.05, 0) is 24.3 Å². The number of halogens is 3. The molecule has 0 unspecified atom stereocenters. The number of benzene rings is 1. The minimum Gasteiger partial charge on any atom is -0.382 e. The van der Waals surface area contributed by atoms with Crippen molar-refractivity contribution in [1.29, 1.82) is 0 Å². The molecule has 28 heavy (non-hydrogen) atoms. The number of aromatic nitrogens is 2. The lowest BCUT2D eigenvalue weighted by Crippen LogP contribution is -2.25. The van der Waals surface area contributed by atoms with Crippen molar-refractivity contribution in [1.82, 2.24) is 9.55 Å². The fraction of sp³-hybridized carbons (Fsp3) is 0.176. The molecule has 2 N–H and O–H groups in total. The van der Waals surface area contributed by atoms with Crippen molar-refractivity contribution in [2.75, 3.05) is 24.2 Å². The summed E-state index contributed by atoms with van der Waals surface area (Å²) in [6, 6.07) is 10.7. The molecule has 3 rings (SSSR count). The summed E-state index contributed by atoms with van der Waals surface area (Å²) in [6.07, 6.45) is -4.46. The Bertz CT molecular complexity index is 1100. The first-order valence-electron chi connectivity index (χ1n) is 8.01. The van der Waals surface area contributed by atoms with E-state index in [1.807, 2.05) is 0 Å². The number of fused-ring (bicyclic) bond motifs is 1. The Morgan fingerprint density at radius 3 is 2.43 bits per heavy atom. The molecule has 0 radical (unpaired) electrons. The monoisotopic (exact) mass is 393 g/mol. The topological polar surface area (TPSA) is 102 Å². The van der Waals surface area contributed by atoms with E-state index in [0.29, 0.717) is 5.69 Å². The molecule has 0 bridgehead atoms. The van der Waals surface area contributed by atoms with Crippen LogP contribution >= 0.6 is 0 Å². The summed E-state index contributed by atoms with van der Waals surface area (Å²) < 4.78 is 38.5. The number of nitro groups is 1. The highest BCUT2D eigenvalue weighted by atomic mass is 19.4. The van der Waals surface area contributed by atoms with Crippen LogP contribution < -0.4 is 16.2 Å². The SMILES string of the molecule is CNc1c([N+](=O)[O-])c(=O)n(-c2ccccc2)c2nc(NCC(F)(F)F)ccc12. The zero-order valence-corrected chi connectivity index (χ0v) is 14.4. The average Bonchev–Trinajstić information content (AvgIpc) is 2.65. The molecule has 8 nitrogen and oxygen atoms in total. The second-order valence-corrected chi connectivity index (χ2v) is 5.74. The zero-order valence-electron chi connectivity index (χ0n) is 14.4. The Balaban J connectivity index is 2.34. The van der Waals surface area contributed by atoms with E-state index in [9.17, 15) is 28.1 Å². The van der Waals surface area contributed by atoms with E-state index in [4.69, 9.17) is 0 Å². The van der Waals surface area contributed by atoms with E-state index in [1.165, 1.54) is 19.2 Å². The second-order valence-electron chi connectivity index (χ2n) is 5.74. The number of alkyl halides is 3. The number of pyridine rings is 2. The lowest BCUT2D eigenvalue weighted by atomic mass is 10.2. The van der Waals surface area contributed by atoms with E-state index in [0.717, 1.165) is 4.57 Å². The van der Waals surface area contributed by atoms with Gasteiger partial charge in [0.1, 0.15) is 18.1 Å². The van der Waals surface area contributed by atoms with Crippen molar-refractivity contribution in [3.8, 4) is 5.69 Å². The van der Waals surface area contributed by atoms with E-state index >= 15 is 0 Å². The first-order chi connectivity index (χ1) is 13.2. The van der Waals surface area contributed by atoms with Crippen LogP contribution in [0.1, 0.15) is 0 Å². The fourth-order valence-electron chi connectivity index (χ4n) is 2.78. The van der Waals surface area contributed by atoms with Gasteiger partial charge < -0.3 is 10.6 Å². The molecule has 11 heteroatoms. The third-order valence-corrected chi connectivity index (χ3v) is 3.92. The quantitative estimate of drug-likeness (QED) is 0.509. The largest absolute Gasteiger partial charge is 0.405 e. The first-order valence-corrected chi connectivity index (χ1v) is 8.01. The van der Waals surface area contributed by atoms with Crippen LogP contribution in [0.2, 0.25) is 0 Å². The van der Waals surface area contributed by atoms with Crippen LogP contribution in [0.5, 0.6) is 0 Å². The van der Waals surface area contributed by atoms with Crippen LogP contribution in [0.15, 0.2) is 47.3 Å².